The van der Waals surface area contributed by atoms with Crippen LogP contribution in [0.4, 0.5) is 0 Å². The molecule has 0 amide bonds. The molecule has 3 heteroatoms. The Bertz CT molecular complexity index is 458. The van der Waals surface area contributed by atoms with E-state index in [2.05, 4.69) is 38.2 Å². The van der Waals surface area contributed by atoms with Gasteiger partial charge in [-0.1, -0.05) is 141 Å². The van der Waals surface area contributed by atoms with E-state index in [1.807, 2.05) is 0 Å². The monoisotopic (exact) mass is 551 g/mol. The molecule has 0 heterocycles. The van der Waals surface area contributed by atoms with E-state index in [1.165, 1.54) is 141 Å². The van der Waals surface area contributed by atoms with Crippen LogP contribution in [0.1, 0.15) is 181 Å². The first-order chi connectivity index (χ1) is 19.3. The lowest BCUT2D eigenvalue weighted by Crippen LogP contribution is -2.28. The molecule has 39 heavy (non-hydrogen) atoms. The highest BCUT2D eigenvalue weighted by atomic mass is 16.5. The van der Waals surface area contributed by atoms with E-state index in [0.717, 1.165) is 25.7 Å². The van der Waals surface area contributed by atoms with Crippen LogP contribution in [-0.4, -0.2) is 35.6 Å². The summed E-state index contributed by atoms with van der Waals surface area (Å²) >= 11 is 0. The van der Waals surface area contributed by atoms with Gasteiger partial charge in [0.05, 0.1) is 25.4 Å². The zero-order valence-electron chi connectivity index (χ0n) is 26.6. The Morgan fingerprint density at radius 3 is 1.00 bits per heavy atom. The molecule has 2 unspecified atom stereocenters. The zero-order valence-corrected chi connectivity index (χ0v) is 26.6. The van der Waals surface area contributed by atoms with E-state index in [4.69, 9.17) is 4.74 Å². The van der Waals surface area contributed by atoms with Crippen molar-refractivity contribution in [3.8, 4) is 0 Å². The quantitative estimate of drug-likeness (QED) is 0.0647. The van der Waals surface area contributed by atoms with Gasteiger partial charge in [0.15, 0.2) is 0 Å². The van der Waals surface area contributed by atoms with Gasteiger partial charge in [0, 0.05) is 0 Å². The molecular formula is C36H70O3. The number of ether oxygens (including phenoxy) is 1. The summed E-state index contributed by atoms with van der Waals surface area (Å²) in [6.07, 6.45) is 42.0. The largest absolute Gasteiger partial charge is 0.394 e. The van der Waals surface area contributed by atoms with Crippen molar-refractivity contribution < 1.29 is 14.9 Å². The van der Waals surface area contributed by atoms with Crippen LogP contribution >= 0.6 is 0 Å². The summed E-state index contributed by atoms with van der Waals surface area (Å²) < 4.78 is 6.05. The summed E-state index contributed by atoms with van der Waals surface area (Å²) in [5, 5.41) is 19.5. The molecule has 0 saturated heterocycles. The van der Waals surface area contributed by atoms with Gasteiger partial charge < -0.3 is 14.9 Å². The summed E-state index contributed by atoms with van der Waals surface area (Å²) in [6.45, 7) is 4.66. The Morgan fingerprint density at radius 1 is 0.410 bits per heavy atom. The van der Waals surface area contributed by atoms with Crippen LogP contribution in [0, 0.1) is 0 Å². The van der Waals surface area contributed by atoms with Crippen molar-refractivity contribution in [1.29, 1.82) is 0 Å². The maximum atomic E-state index is 9.75. The molecule has 0 fully saturated rings. The Kier molecular flexibility index (Phi) is 33.0. The van der Waals surface area contributed by atoms with Crippen molar-refractivity contribution in [2.75, 3.05) is 13.2 Å². The summed E-state index contributed by atoms with van der Waals surface area (Å²) in [5.74, 6) is 0. The van der Waals surface area contributed by atoms with E-state index < -0.39 is 0 Å². The van der Waals surface area contributed by atoms with Crippen molar-refractivity contribution in [2.24, 2.45) is 0 Å². The van der Waals surface area contributed by atoms with Crippen molar-refractivity contribution >= 4 is 0 Å². The molecular weight excluding hydrogens is 480 g/mol. The lowest BCUT2D eigenvalue weighted by Gasteiger charge is -2.22. The number of rotatable bonds is 32. The zero-order chi connectivity index (χ0) is 28.5. The molecule has 0 aromatic heterocycles. The molecule has 0 saturated carbocycles. The Hall–Kier alpha value is -0.640. The number of allylic oxidation sites excluding steroid dienone is 4. The average molecular weight is 551 g/mol. The van der Waals surface area contributed by atoms with Crippen molar-refractivity contribution in [2.45, 2.75) is 193 Å². The van der Waals surface area contributed by atoms with E-state index in [9.17, 15) is 10.2 Å². The van der Waals surface area contributed by atoms with E-state index in [1.54, 1.807) is 0 Å². The number of unbranched alkanes of at least 4 members (excludes halogenated alkanes) is 20. The fourth-order valence-electron chi connectivity index (χ4n) is 5.21. The van der Waals surface area contributed by atoms with Crippen LogP contribution in [0.25, 0.3) is 0 Å². The lowest BCUT2D eigenvalue weighted by atomic mass is 10.1. The van der Waals surface area contributed by atoms with Gasteiger partial charge in [0.2, 0.25) is 0 Å². The molecule has 0 rings (SSSR count). The van der Waals surface area contributed by atoms with Crippen molar-refractivity contribution in [3.05, 3.63) is 24.3 Å². The van der Waals surface area contributed by atoms with Crippen LogP contribution in [-0.2, 0) is 4.74 Å². The summed E-state index contributed by atoms with van der Waals surface area (Å²) in [7, 11) is 0. The van der Waals surface area contributed by atoms with E-state index in [0.29, 0.717) is 0 Å². The number of aliphatic hydroxyl groups excluding tert-OH is 2. The highest BCUT2D eigenvalue weighted by Crippen LogP contribution is 2.16. The van der Waals surface area contributed by atoms with E-state index in [-0.39, 0.29) is 25.4 Å². The lowest BCUT2D eigenvalue weighted by molar-refractivity contribution is -0.0676. The maximum absolute atomic E-state index is 9.75. The first-order valence-corrected chi connectivity index (χ1v) is 17.5. The van der Waals surface area contributed by atoms with Gasteiger partial charge in [0.1, 0.15) is 0 Å². The van der Waals surface area contributed by atoms with Gasteiger partial charge in [0.25, 0.3) is 0 Å². The molecule has 2 N–H and O–H groups in total. The molecule has 0 spiro atoms. The highest BCUT2D eigenvalue weighted by Gasteiger charge is 2.15. The molecule has 0 aromatic carbocycles. The standard InChI is InChI=1S/C36H70O3/c1-3-5-7-9-11-13-15-17-19-21-23-25-27-29-31-35(33-37)39-36(34-38)32-30-28-26-24-22-20-18-16-14-12-10-8-6-4-2/h17-20,35-38H,3-16,21-34H2,1-2H3/b19-17-,20-18-. The molecule has 0 radical (unpaired) electrons. The Morgan fingerprint density at radius 2 is 0.692 bits per heavy atom. The Balaban J connectivity index is 3.62. The van der Waals surface area contributed by atoms with Crippen LogP contribution in [0.3, 0.4) is 0 Å². The molecule has 0 aliphatic rings. The van der Waals surface area contributed by atoms with E-state index >= 15 is 0 Å². The second kappa shape index (κ2) is 33.6. The van der Waals surface area contributed by atoms with Crippen LogP contribution in [0.5, 0.6) is 0 Å². The molecule has 0 bridgehead atoms. The van der Waals surface area contributed by atoms with Gasteiger partial charge in [-0.25, -0.2) is 0 Å². The third kappa shape index (κ3) is 30.2. The second-order valence-electron chi connectivity index (χ2n) is 11.8. The minimum atomic E-state index is -0.129. The number of hydrogen-bond donors (Lipinski definition) is 2. The third-order valence-electron chi connectivity index (χ3n) is 7.87. The minimum Gasteiger partial charge on any atom is -0.394 e. The predicted molar refractivity (Wildman–Crippen MR) is 173 cm³/mol. The number of aliphatic hydroxyl groups is 2. The molecule has 0 aromatic rings. The minimum absolute atomic E-state index is 0.0583. The van der Waals surface area contributed by atoms with Crippen molar-refractivity contribution in [1.82, 2.24) is 0 Å². The summed E-state index contributed by atoms with van der Waals surface area (Å²) in [4.78, 5) is 0. The second-order valence-corrected chi connectivity index (χ2v) is 11.8. The molecule has 0 aliphatic heterocycles. The van der Waals surface area contributed by atoms with Gasteiger partial charge in [-0.2, -0.15) is 0 Å². The van der Waals surface area contributed by atoms with Crippen LogP contribution < -0.4 is 0 Å². The van der Waals surface area contributed by atoms with Gasteiger partial charge in [-0.15, -0.1) is 0 Å². The van der Waals surface area contributed by atoms with Crippen LogP contribution in [0.2, 0.25) is 0 Å². The molecule has 0 aliphatic carbocycles. The van der Waals surface area contributed by atoms with Crippen molar-refractivity contribution in [3.63, 3.8) is 0 Å². The third-order valence-corrected chi connectivity index (χ3v) is 7.87. The fraction of sp³-hybridized carbons (Fsp3) is 0.889. The first kappa shape index (κ1) is 38.4. The molecule has 232 valence electrons. The average Bonchev–Trinajstić information content (AvgIpc) is 2.95. The first-order valence-electron chi connectivity index (χ1n) is 17.5. The van der Waals surface area contributed by atoms with Gasteiger partial charge in [-0.3, -0.25) is 0 Å². The predicted octanol–water partition coefficient (Wildman–Crippen LogP) is 11.0. The number of hydrogen-bond acceptors (Lipinski definition) is 3. The summed E-state index contributed by atoms with van der Waals surface area (Å²) in [6, 6.07) is 0. The maximum Gasteiger partial charge on any atom is 0.0810 e. The highest BCUT2D eigenvalue weighted by molar-refractivity contribution is 4.82. The smallest absolute Gasteiger partial charge is 0.0810 e. The molecule has 3 nitrogen and oxygen atoms in total. The van der Waals surface area contributed by atoms with Gasteiger partial charge >= 0.3 is 0 Å². The van der Waals surface area contributed by atoms with Gasteiger partial charge in [-0.05, 0) is 64.2 Å². The molecule has 2 atom stereocenters. The normalized spacial score (nSPS) is 13.6. The van der Waals surface area contributed by atoms with Crippen LogP contribution in [0.15, 0.2) is 24.3 Å². The topological polar surface area (TPSA) is 49.7 Å². The SMILES string of the molecule is CCCCCCCC/C=C\CCCCCCC(CO)OC(CO)CCCCCC/C=C\CCCCCCCC. The Labute approximate surface area is 245 Å². The summed E-state index contributed by atoms with van der Waals surface area (Å²) in [5.41, 5.74) is 0. The fourth-order valence-corrected chi connectivity index (χ4v) is 5.21.